The number of hydrogen-bond acceptors (Lipinski definition) is 5. The van der Waals surface area contributed by atoms with Gasteiger partial charge in [-0.05, 0) is 42.5 Å². The summed E-state index contributed by atoms with van der Waals surface area (Å²) in [7, 11) is 0. The summed E-state index contributed by atoms with van der Waals surface area (Å²) in [5.74, 6) is -0.469. The molecule has 4 rings (SSSR count). The highest BCUT2D eigenvalue weighted by molar-refractivity contribution is 5.95. The summed E-state index contributed by atoms with van der Waals surface area (Å²) in [4.78, 5) is 21.0. The van der Waals surface area contributed by atoms with Gasteiger partial charge in [-0.1, -0.05) is 18.2 Å². The van der Waals surface area contributed by atoms with E-state index < -0.39 is 18.0 Å². The van der Waals surface area contributed by atoms with Gasteiger partial charge in [0.2, 0.25) is 5.89 Å². The Labute approximate surface area is 168 Å². The van der Waals surface area contributed by atoms with Gasteiger partial charge in [0.25, 0.3) is 5.91 Å². The topological polar surface area (TPSA) is 77.3 Å². The van der Waals surface area contributed by atoms with Crippen molar-refractivity contribution in [2.24, 2.45) is 0 Å². The molecule has 2 aromatic heterocycles. The van der Waals surface area contributed by atoms with Crippen LogP contribution in [-0.4, -0.2) is 22.2 Å². The Morgan fingerprint density at radius 2 is 1.87 bits per heavy atom. The van der Waals surface area contributed by atoms with Crippen molar-refractivity contribution in [2.45, 2.75) is 12.8 Å². The van der Waals surface area contributed by atoms with Crippen LogP contribution in [0, 0.1) is 0 Å². The number of carbonyl (C=O) groups is 1. The van der Waals surface area contributed by atoms with Gasteiger partial charge in [-0.15, -0.1) is 13.2 Å². The second kappa shape index (κ2) is 7.86. The minimum atomic E-state index is -4.79. The first-order valence-electron chi connectivity index (χ1n) is 8.83. The fourth-order valence-corrected chi connectivity index (χ4v) is 2.83. The predicted molar refractivity (Wildman–Crippen MR) is 102 cm³/mol. The number of rotatable bonds is 4. The van der Waals surface area contributed by atoms with E-state index in [9.17, 15) is 18.0 Å². The normalized spacial score (nSPS) is 14.1. The fraction of sp³-hybridized carbons (Fsp3) is 0.0952. The van der Waals surface area contributed by atoms with E-state index in [-0.39, 0.29) is 5.56 Å². The number of benzene rings is 1. The number of nitrogens with one attached hydrogen (secondary N) is 1. The van der Waals surface area contributed by atoms with Gasteiger partial charge >= 0.3 is 6.36 Å². The number of nitrogens with zero attached hydrogens (tertiary/aromatic N) is 2. The average Bonchev–Trinajstić information content (AvgIpc) is 3.00. The van der Waals surface area contributed by atoms with Gasteiger partial charge in [0, 0.05) is 29.5 Å². The minimum Gasteiger partial charge on any atom is -0.435 e. The lowest BCUT2D eigenvalue weighted by Crippen LogP contribution is -2.23. The maximum absolute atomic E-state index is 12.5. The Morgan fingerprint density at radius 3 is 2.60 bits per heavy atom. The number of aromatic nitrogens is 2. The molecule has 0 aliphatic heterocycles. The van der Waals surface area contributed by atoms with Crippen LogP contribution in [0.25, 0.3) is 16.8 Å². The highest BCUT2D eigenvalue weighted by Crippen LogP contribution is 2.26. The SMILES string of the molecule is O=C(NC1=CC=CC=C(c2nc3ncccc3o2)C1)c1ccc(OC(F)(F)F)cc1. The average molecular weight is 413 g/mol. The molecule has 9 heteroatoms. The summed E-state index contributed by atoms with van der Waals surface area (Å²) in [5, 5.41) is 2.76. The van der Waals surface area contributed by atoms with Crippen LogP contribution in [0.1, 0.15) is 22.7 Å². The molecule has 0 saturated carbocycles. The zero-order valence-electron chi connectivity index (χ0n) is 15.3. The lowest BCUT2D eigenvalue weighted by molar-refractivity contribution is -0.274. The molecule has 1 aliphatic carbocycles. The molecule has 152 valence electrons. The van der Waals surface area contributed by atoms with Crippen molar-refractivity contribution in [1.29, 1.82) is 0 Å². The van der Waals surface area contributed by atoms with Gasteiger partial charge < -0.3 is 14.5 Å². The van der Waals surface area contributed by atoms with Crippen LogP contribution in [0.2, 0.25) is 0 Å². The number of oxazole rings is 1. The van der Waals surface area contributed by atoms with E-state index in [0.29, 0.717) is 29.2 Å². The molecule has 0 radical (unpaired) electrons. The molecular weight excluding hydrogens is 399 g/mol. The number of ether oxygens (including phenoxy) is 1. The molecule has 1 N–H and O–H groups in total. The first-order chi connectivity index (χ1) is 14.4. The van der Waals surface area contributed by atoms with Gasteiger partial charge in [-0.3, -0.25) is 4.79 Å². The van der Waals surface area contributed by atoms with Crippen molar-refractivity contribution in [3.05, 3.63) is 84.1 Å². The van der Waals surface area contributed by atoms with Gasteiger partial charge in [-0.2, -0.15) is 4.98 Å². The summed E-state index contributed by atoms with van der Waals surface area (Å²) in [6.07, 6.45) is 4.26. The Bertz CT molecular complexity index is 1140. The molecule has 0 unspecified atom stereocenters. The largest absolute Gasteiger partial charge is 0.573 e. The Hall–Kier alpha value is -3.88. The fourth-order valence-electron chi connectivity index (χ4n) is 2.83. The van der Waals surface area contributed by atoms with Gasteiger partial charge in [0.15, 0.2) is 11.2 Å². The van der Waals surface area contributed by atoms with Crippen molar-refractivity contribution in [3.8, 4) is 5.75 Å². The second-order valence-corrected chi connectivity index (χ2v) is 6.32. The van der Waals surface area contributed by atoms with Crippen LogP contribution >= 0.6 is 0 Å². The lowest BCUT2D eigenvalue weighted by Gasteiger charge is -2.11. The zero-order chi connectivity index (χ0) is 21.1. The second-order valence-electron chi connectivity index (χ2n) is 6.32. The van der Waals surface area contributed by atoms with Crippen LogP contribution in [-0.2, 0) is 0 Å². The van der Waals surface area contributed by atoms with E-state index in [4.69, 9.17) is 4.42 Å². The zero-order valence-corrected chi connectivity index (χ0v) is 15.3. The van der Waals surface area contributed by atoms with Gasteiger partial charge in [0.05, 0.1) is 0 Å². The highest BCUT2D eigenvalue weighted by Gasteiger charge is 2.31. The number of carbonyl (C=O) groups excluding carboxylic acids is 1. The van der Waals surface area contributed by atoms with Gasteiger partial charge in [0.1, 0.15) is 5.75 Å². The summed E-state index contributed by atoms with van der Waals surface area (Å²) < 4.78 is 46.3. The quantitative estimate of drug-likeness (QED) is 0.666. The third kappa shape index (κ3) is 4.57. The standard InChI is InChI=1S/C21H14F3N3O3/c22-21(23,24)30-16-9-7-13(8-10-16)19(28)26-15-5-2-1-4-14(12-15)20-27-18-17(29-20)6-3-11-25-18/h1-11H,12H2,(H,26,28). The van der Waals surface area contributed by atoms with Crippen molar-refractivity contribution < 1.29 is 27.1 Å². The number of fused-ring (bicyclic) bond motifs is 1. The van der Waals surface area contributed by atoms with E-state index in [1.54, 1.807) is 36.6 Å². The third-order valence-electron chi connectivity index (χ3n) is 4.15. The van der Waals surface area contributed by atoms with E-state index >= 15 is 0 Å². The van der Waals surface area contributed by atoms with Crippen LogP contribution < -0.4 is 10.1 Å². The van der Waals surface area contributed by atoms with Crippen LogP contribution in [0.3, 0.4) is 0 Å². The molecule has 6 nitrogen and oxygen atoms in total. The van der Waals surface area contributed by atoms with Crippen molar-refractivity contribution >= 4 is 22.7 Å². The molecule has 3 aromatic rings. The van der Waals surface area contributed by atoms with Crippen molar-refractivity contribution in [2.75, 3.05) is 0 Å². The number of pyridine rings is 1. The van der Waals surface area contributed by atoms with E-state index in [1.165, 1.54) is 12.1 Å². The molecule has 0 spiro atoms. The summed E-state index contributed by atoms with van der Waals surface area (Å²) in [6, 6.07) is 8.19. The maximum Gasteiger partial charge on any atom is 0.573 e. The smallest absolute Gasteiger partial charge is 0.435 e. The number of alkyl halides is 3. The molecule has 1 amide bonds. The lowest BCUT2D eigenvalue weighted by atomic mass is 10.1. The molecule has 1 aliphatic rings. The molecule has 0 saturated heterocycles. The molecule has 30 heavy (non-hydrogen) atoms. The van der Waals surface area contributed by atoms with Crippen LogP contribution in [0.4, 0.5) is 13.2 Å². The molecule has 2 heterocycles. The first-order valence-corrected chi connectivity index (χ1v) is 8.83. The van der Waals surface area contributed by atoms with E-state index in [0.717, 1.165) is 17.7 Å². The third-order valence-corrected chi connectivity index (χ3v) is 4.15. The predicted octanol–water partition coefficient (Wildman–Crippen LogP) is 4.78. The summed E-state index contributed by atoms with van der Waals surface area (Å²) >= 11 is 0. The summed E-state index contributed by atoms with van der Waals surface area (Å²) in [5.41, 5.74) is 2.54. The summed E-state index contributed by atoms with van der Waals surface area (Å²) in [6.45, 7) is 0. The maximum atomic E-state index is 12.5. The molecule has 0 fully saturated rings. The Kier molecular flexibility index (Phi) is 5.09. The number of hydrogen-bond donors (Lipinski definition) is 1. The molecular formula is C21H14F3N3O3. The highest BCUT2D eigenvalue weighted by atomic mass is 19.4. The molecule has 0 atom stereocenters. The number of amides is 1. The Morgan fingerprint density at radius 1 is 1.10 bits per heavy atom. The molecule has 1 aromatic carbocycles. The van der Waals surface area contributed by atoms with Crippen molar-refractivity contribution in [3.63, 3.8) is 0 Å². The Balaban J connectivity index is 1.46. The van der Waals surface area contributed by atoms with Gasteiger partial charge in [-0.25, -0.2) is 4.98 Å². The molecule has 0 bridgehead atoms. The monoisotopic (exact) mass is 413 g/mol. The van der Waals surface area contributed by atoms with E-state index in [1.807, 2.05) is 6.08 Å². The van der Waals surface area contributed by atoms with Crippen LogP contribution in [0.5, 0.6) is 5.75 Å². The number of halogens is 3. The van der Waals surface area contributed by atoms with Crippen molar-refractivity contribution in [1.82, 2.24) is 15.3 Å². The van der Waals surface area contributed by atoms with Crippen LogP contribution in [0.15, 0.2) is 77.0 Å². The minimum absolute atomic E-state index is 0.190. The van der Waals surface area contributed by atoms with E-state index in [2.05, 4.69) is 20.0 Å². The first kappa shape index (κ1) is 19.4. The number of allylic oxidation sites excluding steroid dienone is 5.